The molecule has 1 aromatic rings. The summed E-state index contributed by atoms with van der Waals surface area (Å²) in [6.07, 6.45) is 0.829. The smallest absolute Gasteiger partial charge is 0.125 e. The average molecular weight is 234 g/mol. The van der Waals surface area contributed by atoms with Crippen molar-refractivity contribution in [1.29, 1.82) is 0 Å². The first-order valence-electron chi connectivity index (χ1n) is 4.35. The summed E-state index contributed by atoms with van der Waals surface area (Å²) in [5, 5.41) is 4.32. The SMILES string of the molecule is CNCCc1c(Cl)cc(Cl)cc1OC. The van der Waals surface area contributed by atoms with Gasteiger partial charge in [0.1, 0.15) is 5.75 Å². The Morgan fingerprint density at radius 2 is 2.07 bits per heavy atom. The van der Waals surface area contributed by atoms with Gasteiger partial charge in [-0.15, -0.1) is 0 Å². The van der Waals surface area contributed by atoms with Gasteiger partial charge in [-0.1, -0.05) is 23.2 Å². The van der Waals surface area contributed by atoms with Crippen molar-refractivity contribution < 1.29 is 4.74 Å². The van der Waals surface area contributed by atoms with Crippen LogP contribution < -0.4 is 10.1 Å². The van der Waals surface area contributed by atoms with Crippen molar-refractivity contribution >= 4 is 23.2 Å². The number of rotatable bonds is 4. The number of ether oxygens (including phenoxy) is 1. The molecule has 0 spiro atoms. The first-order valence-corrected chi connectivity index (χ1v) is 5.11. The van der Waals surface area contributed by atoms with E-state index >= 15 is 0 Å². The standard InChI is InChI=1S/C10H13Cl2NO/c1-13-4-3-8-9(12)5-7(11)6-10(8)14-2/h5-6,13H,3-4H2,1-2H3. The van der Waals surface area contributed by atoms with Crippen LogP contribution in [0.5, 0.6) is 5.75 Å². The fourth-order valence-corrected chi connectivity index (χ4v) is 1.82. The predicted octanol–water partition coefficient (Wildman–Crippen LogP) is 2.76. The van der Waals surface area contributed by atoms with Crippen LogP contribution in [0.2, 0.25) is 10.0 Å². The summed E-state index contributed by atoms with van der Waals surface area (Å²) in [4.78, 5) is 0. The maximum absolute atomic E-state index is 6.06. The maximum atomic E-state index is 6.06. The molecule has 0 aliphatic rings. The molecule has 14 heavy (non-hydrogen) atoms. The van der Waals surface area contributed by atoms with E-state index in [1.807, 2.05) is 7.05 Å². The molecule has 0 saturated carbocycles. The van der Waals surface area contributed by atoms with E-state index in [2.05, 4.69) is 5.32 Å². The van der Waals surface area contributed by atoms with Gasteiger partial charge >= 0.3 is 0 Å². The third-order valence-corrected chi connectivity index (χ3v) is 2.52. The van der Waals surface area contributed by atoms with Crippen LogP contribution in [0.25, 0.3) is 0 Å². The van der Waals surface area contributed by atoms with Gasteiger partial charge in [0.15, 0.2) is 0 Å². The van der Waals surface area contributed by atoms with E-state index < -0.39 is 0 Å². The lowest BCUT2D eigenvalue weighted by atomic mass is 10.1. The minimum Gasteiger partial charge on any atom is -0.496 e. The minimum atomic E-state index is 0.597. The number of halogens is 2. The van der Waals surface area contributed by atoms with Gasteiger partial charge in [-0.25, -0.2) is 0 Å². The highest BCUT2D eigenvalue weighted by atomic mass is 35.5. The van der Waals surface area contributed by atoms with E-state index in [0.29, 0.717) is 10.0 Å². The summed E-state index contributed by atoms with van der Waals surface area (Å²) < 4.78 is 5.21. The Kier molecular flexibility index (Phi) is 4.52. The van der Waals surface area contributed by atoms with Crippen LogP contribution >= 0.6 is 23.2 Å². The van der Waals surface area contributed by atoms with Crippen molar-refractivity contribution in [2.24, 2.45) is 0 Å². The van der Waals surface area contributed by atoms with Gasteiger partial charge in [0.2, 0.25) is 0 Å². The molecule has 1 aromatic carbocycles. The molecular weight excluding hydrogens is 221 g/mol. The number of hydrogen-bond donors (Lipinski definition) is 1. The first kappa shape index (κ1) is 11.6. The first-order chi connectivity index (χ1) is 6.69. The Bertz CT molecular complexity index is 315. The molecule has 78 valence electrons. The molecule has 0 aromatic heterocycles. The quantitative estimate of drug-likeness (QED) is 0.864. The third-order valence-electron chi connectivity index (χ3n) is 1.96. The second-order valence-corrected chi connectivity index (χ2v) is 3.77. The summed E-state index contributed by atoms with van der Waals surface area (Å²) >= 11 is 11.9. The van der Waals surface area contributed by atoms with Crippen LogP contribution in [0.4, 0.5) is 0 Å². The van der Waals surface area contributed by atoms with Crippen LogP contribution in [0, 0.1) is 0 Å². The summed E-state index contributed by atoms with van der Waals surface area (Å²) in [6.45, 7) is 0.859. The lowest BCUT2D eigenvalue weighted by molar-refractivity contribution is 0.409. The van der Waals surface area contributed by atoms with E-state index in [0.717, 1.165) is 24.3 Å². The lowest BCUT2D eigenvalue weighted by Gasteiger charge is -2.10. The Labute approximate surface area is 94.2 Å². The van der Waals surface area contributed by atoms with Crippen LogP contribution in [0.3, 0.4) is 0 Å². The summed E-state index contributed by atoms with van der Waals surface area (Å²) in [5.41, 5.74) is 0.993. The Hall–Kier alpha value is -0.440. The highest BCUT2D eigenvalue weighted by molar-refractivity contribution is 6.35. The molecule has 1 N–H and O–H groups in total. The molecular formula is C10H13Cl2NO. The second kappa shape index (κ2) is 5.44. The van der Waals surface area contributed by atoms with Crippen LogP contribution in [-0.2, 0) is 6.42 Å². The van der Waals surface area contributed by atoms with Crippen LogP contribution in [0.1, 0.15) is 5.56 Å². The molecule has 0 fully saturated rings. The molecule has 4 heteroatoms. The number of hydrogen-bond acceptors (Lipinski definition) is 2. The van der Waals surface area contributed by atoms with Crippen molar-refractivity contribution in [2.45, 2.75) is 6.42 Å². The topological polar surface area (TPSA) is 21.3 Å². The van der Waals surface area contributed by atoms with Gasteiger partial charge in [-0.3, -0.25) is 0 Å². The largest absolute Gasteiger partial charge is 0.496 e. The zero-order chi connectivity index (χ0) is 10.6. The molecule has 1 rings (SSSR count). The lowest BCUT2D eigenvalue weighted by Crippen LogP contribution is -2.11. The second-order valence-electron chi connectivity index (χ2n) is 2.92. The Morgan fingerprint density at radius 1 is 1.36 bits per heavy atom. The normalized spacial score (nSPS) is 10.3. The van der Waals surface area contributed by atoms with Crippen LogP contribution in [0.15, 0.2) is 12.1 Å². The molecule has 0 amide bonds. The summed E-state index contributed by atoms with van der Waals surface area (Å²) in [7, 11) is 3.52. The van der Waals surface area contributed by atoms with Gasteiger partial charge in [-0.05, 0) is 32.1 Å². The zero-order valence-corrected chi connectivity index (χ0v) is 9.74. The van der Waals surface area contributed by atoms with Crippen LogP contribution in [-0.4, -0.2) is 20.7 Å². The van der Waals surface area contributed by atoms with E-state index in [9.17, 15) is 0 Å². The van der Waals surface area contributed by atoms with Crippen molar-refractivity contribution in [2.75, 3.05) is 20.7 Å². The average Bonchev–Trinajstić information content (AvgIpc) is 2.15. The Morgan fingerprint density at radius 3 is 2.64 bits per heavy atom. The van der Waals surface area contributed by atoms with E-state index in [1.165, 1.54) is 0 Å². The molecule has 0 aliphatic heterocycles. The number of nitrogens with one attached hydrogen (secondary N) is 1. The predicted molar refractivity (Wildman–Crippen MR) is 60.6 cm³/mol. The van der Waals surface area contributed by atoms with Crippen molar-refractivity contribution in [3.05, 3.63) is 27.7 Å². The summed E-state index contributed by atoms with van der Waals surface area (Å²) in [6, 6.07) is 3.51. The molecule has 0 unspecified atom stereocenters. The van der Waals surface area contributed by atoms with Gasteiger partial charge in [-0.2, -0.15) is 0 Å². The number of benzene rings is 1. The molecule has 0 radical (unpaired) electrons. The van der Waals surface area contributed by atoms with Crippen molar-refractivity contribution in [3.8, 4) is 5.75 Å². The van der Waals surface area contributed by atoms with Gasteiger partial charge < -0.3 is 10.1 Å². The molecule has 0 bridgehead atoms. The number of likely N-dealkylation sites (N-methyl/N-ethyl adjacent to an activating group) is 1. The van der Waals surface area contributed by atoms with E-state index in [4.69, 9.17) is 27.9 Å². The molecule has 0 heterocycles. The minimum absolute atomic E-state index is 0.597. The van der Waals surface area contributed by atoms with Gasteiger partial charge in [0.25, 0.3) is 0 Å². The van der Waals surface area contributed by atoms with E-state index in [1.54, 1.807) is 19.2 Å². The fraction of sp³-hybridized carbons (Fsp3) is 0.400. The fourth-order valence-electron chi connectivity index (χ4n) is 1.25. The monoisotopic (exact) mass is 233 g/mol. The molecule has 2 nitrogen and oxygen atoms in total. The highest BCUT2D eigenvalue weighted by Crippen LogP contribution is 2.30. The van der Waals surface area contributed by atoms with Crippen molar-refractivity contribution in [1.82, 2.24) is 5.32 Å². The van der Waals surface area contributed by atoms with Gasteiger partial charge in [0.05, 0.1) is 7.11 Å². The zero-order valence-electron chi connectivity index (χ0n) is 8.23. The molecule has 0 saturated heterocycles. The van der Waals surface area contributed by atoms with Crippen molar-refractivity contribution in [3.63, 3.8) is 0 Å². The summed E-state index contributed by atoms with van der Waals surface area (Å²) in [5.74, 6) is 0.748. The molecule has 0 atom stereocenters. The maximum Gasteiger partial charge on any atom is 0.125 e. The third kappa shape index (κ3) is 2.77. The van der Waals surface area contributed by atoms with Gasteiger partial charge in [0, 0.05) is 15.6 Å². The number of methoxy groups -OCH3 is 1. The molecule has 0 aliphatic carbocycles. The highest BCUT2D eigenvalue weighted by Gasteiger charge is 2.08. The van der Waals surface area contributed by atoms with E-state index in [-0.39, 0.29) is 0 Å². The Balaban J connectivity index is 2.99.